The molecule has 0 spiro atoms. The van der Waals surface area contributed by atoms with Crippen molar-refractivity contribution >= 4 is 5.91 Å². The number of ether oxygens (including phenoxy) is 1. The predicted molar refractivity (Wildman–Crippen MR) is 111 cm³/mol. The number of carbonyl (C=O) groups is 1. The van der Waals surface area contributed by atoms with Gasteiger partial charge in [-0.25, -0.2) is 0 Å². The summed E-state index contributed by atoms with van der Waals surface area (Å²) >= 11 is 0. The molecule has 6 nitrogen and oxygen atoms in total. The van der Waals surface area contributed by atoms with Crippen LogP contribution < -0.4 is 4.74 Å². The molecule has 0 radical (unpaired) electrons. The third-order valence-electron chi connectivity index (χ3n) is 4.64. The van der Waals surface area contributed by atoms with Crippen molar-refractivity contribution < 1.29 is 14.1 Å². The van der Waals surface area contributed by atoms with Crippen molar-refractivity contribution in [2.45, 2.75) is 53.3 Å². The molecule has 29 heavy (non-hydrogen) atoms. The molecule has 1 aromatic heterocycles. The molecule has 0 fully saturated rings. The Kier molecular flexibility index (Phi) is 6.32. The molecule has 0 aliphatic carbocycles. The first-order chi connectivity index (χ1) is 13.8. The summed E-state index contributed by atoms with van der Waals surface area (Å²) in [5.41, 5.74) is 3.15. The summed E-state index contributed by atoms with van der Waals surface area (Å²) in [4.78, 5) is 19.1. The van der Waals surface area contributed by atoms with Crippen LogP contribution in [0.1, 0.15) is 37.8 Å². The van der Waals surface area contributed by atoms with Crippen molar-refractivity contribution in [3.05, 3.63) is 65.5 Å². The summed E-state index contributed by atoms with van der Waals surface area (Å²) in [6, 6.07) is 15.5. The van der Waals surface area contributed by atoms with Crippen LogP contribution in [-0.2, 0) is 11.3 Å². The Hall–Kier alpha value is -3.15. The Bertz CT molecular complexity index is 964. The maximum atomic E-state index is 13.0. The Balaban J connectivity index is 1.71. The fraction of sp³-hybridized carbons (Fsp3) is 0.348. The average molecular weight is 393 g/mol. The minimum Gasteiger partial charge on any atom is -0.481 e. The van der Waals surface area contributed by atoms with Crippen molar-refractivity contribution in [3.8, 4) is 17.1 Å². The summed E-state index contributed by atoms with van der Waals surface area (Å²) < 4.78 is 11.2. The SMILES string of the molecule is Cc1ccc(O[C@H](C)C(=O)N(Cc2nc(-c3cccc(C)c3)no2)C(C)C)cc1. The van der Waals surface area contributed by atoms with Gasteiger partial charge in [0, 0.05) is 11.6 Å². The quantitative estimate of drug-likeness (QED) is 0.589. The van der Waals surface area contributed by atoms with E-state index in [1.165, 1.54) is 0 Å². The fourth-order valence-corrected chi connectivity index (χ4v) is 2.99. The summed E-state index contributed by atoms with van der Waals surface area (Å²) in [5.74, 6) is 1.45. The minimum atomic E-state index is -0.626. The molecule has 1 amide bonds. The third-order valence-corrected chi connectivity index (χ3v) is 4.64. The molecule has 0 aliphatic heterocycles. The first-order valence-corrected chi connectivity index (χ1v) is 9.77. The zero-order chi connectivity index (χ0) is 21.0. The summed E-state index contributed by atoms with van der Waals surface area (Å²) in [7, 11) is 0. The van der Waals surface area contributed by atoms with E-state index in [1.807, 2.05) is 76.2 Å². The molecular weight excluding hydrogens is 366 g/mol. The van der Waals surface area contributed by atoms with Crippen LogP contribution in [0.15, 0.2) is 53.1 Å². The van der Waals surface area contributed by atoms with Crippen LogP contribution in [0.4, 0.5) is 0 Å². The lowest BCUT2D eigenvalue weighted by molar-refractivity contribution is -0.140. The molecule has 0 N–H and O–H groups in total. The maximum Gasteiger partial charge on any atom is 0.264 e. The normalized spacial score (nSPS) is 12.1. The number of hydrogen-bond acceptors (Lipinski definition) is 5. The van der Waals surface area contributed by atoms with Gasteiger partial charge in [-0.15, -0.1) is 0 Å². The van der Waals surface area contributed by atoms with E-state index in [9.17, 15) is 4.79 Å². The van der Waals surface area contributed by atoms with E-state index in [2.05, 4.69) is 10.1 Å². The molecule has 0 bridgehead atoms. The lowest BCUT2D eigenvalue weighted by atomic mass is 10.1. The molecule has 1 heterocycles. The van der Waals surface area contributed by atoms with Crippen molar-refractivity contribution in [2.75, 3.05) is 0 Å². The molecule has 2 aromatic carbocycles. The van der Waals surface area contributed by atoms with Crippen molar-refractivity contribution in [1.29, 1.82) is 0 Å². The number of aryl methyl sites for hydroxylation is 2. The molecule has 0 aliphatic rings. The van der Waals surface area contributed by atoms with Gasteiger partial charge in [0.2, 0.25) is 11.7 Å². The van der Waals surface area contributed by atoms with Crippen molar-refractivity contribution in [1.82, 2.24) is 15.0 Å². The van der Waals surface area contributed by atoms with E-state index in [4.69, 9.17) is 9.26 Å². The molecule has 3 rings (SSSR count). The number of amides is 1. The van der Waals surface area contributed by atoms with Gasteiger partial charge in [-0.1, -0.05) is 46.6 Å². The summed E-state index contributed by atoms with van der Waals surface area (Å²) in [6.07, 6.45) is -0.626. The second kappa shape index (κ2) is 8.90. The van der Waals surface area contributed by atoms with Crippen LogP contribution in [0.2, 0.25) is 0 Å². The monoisotopic (exact) mass is 393 g/mol. The molecule has 152 valence electrons. The van der Waals surface area contributed by atoms with Gasteiger partial charge in [0.25, 0.3) is 5.91 Å². The highest BCUT2D eigenvalue weighted by Gasteiger charge is 2.26. The zero-order valence-corrected chi connectivity index (χ0v) is 17.5. The zero-order valence-electron chi connectivity index (χ0n) is 17.5. The second-order valence-electron chi connectivity index (χ2n) is 7.51. The molecule has 3 aromatic rings. The largest absolute Gasteiger partial charge is 0.481 e. The van der Waals surface area contributed by atoms with Gasteiger partial charge in [-0.2, -0.15) is 4.98 Å². The van der Waals surface area contributed by atoms with Crippen LogP contribution in [0.25, 0.3) is 11.4 Å². The van der Waals surface area contributed by atoms with E-state index >= 15 is 0 Å². The molecule has 1 atom stereocenters. The number of rotatable bonds is 7. The van der Waals surface area contributed by atoms with Gasteiger partial charge >= 0.3 is 0 Å². The Morgan fingerprint density at radius 3 is 2.45 bits per heavy atom. The highest BCUT2D eigenvalue weighted by molar-refractivity contribution is 5.81. The number of aromatic nitrogens is 2. The maximum absolute atomic E-state index is 13.0. The standard InChI is InChI=1S/C23H27N3O3/c1-15(2)26(23(27)18(5)28-20-11-9-16(3)10-12-20)14-21-24-22(25-29-21)19-8-6-7-17(4)13-19/h6-13,15,18H,14H2,1-5H3/t18-/m1/s1. The first-order valence-electron chi connectivity index (χ1n) is 9.77. The second-order valence-corrected chi connectivity index (χ2v) is 7.51. The van der Waals surface area contributed by atoms with Gasteiger partial charge in [0.15, 0.2) is 6.10 Å². The molecular formula is C23H27N3O3. The summed E-state index contributed by atoms with van der Waals surface area (Å²) in [5, 5.41) is 4.06. The van der Waals surface area contributed by atoms with Crippen LogP contribution in [0, 0.1) is 13.8 Å². The van der Waals surface area contributed by atoms with Crippen molar-refractivity contribution in [3.63, 3.8) is 0 Å². The van der Waals surface area contributed by atoms with Crippen LogP contribution in [-0.4, -0.2) is 33.1 Å². The Morgan fingerprint density at radius 1 is 1.07 bits per heavy atom. The Labute approximate surface area is 171 Å². The molecule has 0 saturated carbocycles. The van der Waals surface area contributed by atoms with Gasteiger partial charge in [-0.3, -0.25) is 4.79 Å². The van der Waals surface area contributed by atoms with Gasteiger partial charge in [0.05, 0.1) is 0 Å². The Morgan fingerprint density at radius 2 is 1.79 bits per heavy atom. The molecule has 0 saturated heterocycles. The number of carbonyl (C=O) groups excluding carboxylic acids is 1. The van der Waals surface area contributed by atoms with E-state index in [0.717, 1.165) is 16.7 Å². The predicted octanol–water partition coefficient (Wildman–Crippen LogP) is 4.56. The van der Waals surface area contributed by atoms with E-state index < -0.39 is 6.10 Å². The van der Waals surface area contributed by atoms with Gasteiger partial charge < -0.3 is 14.2 Å². The van der Waals surface area contributed by atoms with Crippen LogP contribution in [0.3, 0.4) is 0 Å². The lowest BCUT2D eigenvalue weighted by Gasteiger charge is -2.28. The van der Waals surface area contributed by atoms with Crippen LogP contribution in [0.5, 0.6) is 5.75 Å². The van der Waals surface area contributed by atoms with E-state index in [1.54, 1.807) is 11.8 Å². The summed E-state index contributed by atoms with van der Waals surface area (Å²) in [6.45, 7) is 9.91. The van der Waals surface area contributed by atoms with Gasteiger partial charge in [0.1, 0.15) is 12.3 Å². The highest BCUT2D eigenvalue weighted by Crippen LogP contribution is 2.19. The fourth-order valence-electron chi connectivity index (χ4n) is 2.99. The number of hydrogen-bond donors (Lipinski definition) is 0. The lowest BCUT2D eigenvalue weighted by Crippen LogP contribution is -2.43. The number of nitrogens with zero attached hydrogens (tertiary/aromatic N) is 3. The van der Waals surface area contributed by atoms with E-state index in [-0.39, 0.29) is 18.5 Å². The molecule has 6 heteroatoms. The minimum absolute atomic E-state index is 0.0408. The van der Waals surface area contributed by atoms with E-state index in [0.29, 0.717) is 17.5 Å². The first kappa shape index (κ1) is 20.6. The number of benzene rings is 2. The smallest absolute Gasteiger partial charge is 0.264 e. The highest BCUT2D eigenvalue weighted by atomic mass is 16.5. The van der Waals surface area contributed by atoms with Crippen molar-refractivity contribution in [2.24, 2.45) is 0 Å². The third kappa shape index (κ3) is 5.22. The van der Waals surface area contributed by atoms with Crippen LogP contribution >= 0.6 is 0 Å². The topological polar surface area (TPSA) is 68.5 Å². The van der Waals surface area contributed by atoms with Gasteiger partial charge in [-0.05, 0) is 52.8 Å². The molecule has 0 unspecified atom stereocenters. The average Bonchev–Trinajstić information content (AvgIpc) is 3.16.